The molecule has 0 spiro atoms. The molecule has 10 rings (SSSR count). The van der Waals surface area contributed by atoms with Crippen molar-refractivity contribution in [1.82, 2.24) is 0 Å². The zero-order valence-electron chi connectivity index (χ0n) is 41.4. The number of sulfone groups is 3. The predicted octanol–water partition coefficient (Wildman–Crippen LogP) is 14.9. The maximum atomic E-state index is 13.6. The Balaban J connectivity index is 0.696. The summed E-state index contributed by atoms with van der Waals surface area (Å²) in [7, 11) is -11.6. The fourth-order valence-corrected chi connectivity index (χ4v) is 11.6. The van der Waals surface area contributed by atoms with Crippen LogP contribution in [0.15, 0.2) is 272 Å². The predicted molar refractivity (Wildman–Crippen MR) is 297 cm³/mol. The van der Waals surface area contributed by atoms with Gasteiger partial charge in [-0.3, -0.25) is 0 Å². The molecule has 0 N–H and O–H groups in total. The van der Waals surface area contributed by atoms with Gasteiger partial charge in [-0.15, -0.1) is 12.8 Å². The number of benzene rings is 10. The van der Waals surface area contributed by atoms with E-state index in [-0.39, 0.29) is 29.4 Å². The molecular formula is C64H42O12S3. The number of hydrogen-bond donors (Lipinski definition) is 0. The van der Waals surface area contributed by atoms with Crippen molar-refractivity contribution in [2.45, 2.75) is 29.4 Å². The van der Waals surface area contributed by atoms with E-state index in [0.29, 0.717) is 74.6 Å². The molecule has 10 aromatic rings. The Morgan fingerprint density at radius 2 is 0.430 bits per heavy atom. The average molecular weight is 1100 g/mol. The Morgan fingerprint density at radius 3 is 0.684 bits per heavy atom. The van der Waals surface area contributed by atoms with E-state index < -0.39 is 29.5 Å². The highest BCUT2D eigenvalue weighted by atomic mass is 32.2. The van der Waals surface area contributed by atoms with E-state index >= 15 is 0 Å². The van der Waals surface area contributed by atoms with Gasteiger partial charge in [-0.05, 0) is 224 Å². The monoisotopic (exact) mass is 1100 g/mol. The Bertz CT molecular complexity index is 4230. The van der Waals surface area contributed by atoms with Gasteiger partial charge in [0.1, 0.15) is 69.0 Å². The summed E-state index contributed by atoms with van der Waals surface area (Å²) in [5.74, 6) is 10.5. The standard InChI is InChI=1S/C64H42O12S3/c1-3-45-11-13-47(14-12-45)71-50-19-31-59(32-20-50)78(67,68)63-39-27-54(28-40-63)75-57-9-6-10-58(44-57)76-55-29-41-64(42-30-55)79(69,70)61-35-23-52(24-36-61)73-49-17-15-48(16-18-49)72-51-21-33-60(34-22-51)77(65,66)62-37-25-53(26-38-62)74-56-8-5-7-46(4-2)43-56/h1-2,5-44H. The summed E-state index contributed by atoms with van der Waals surface area (Å²) in [4.78, 5) is 0.477. The normalized spacial score (nSPS) is 11.3. The third-order valence-electron chi connectivity index (χ3n) is 11.9. The second-order valence-corrected chi connectivity index (χ2v) is 23.1. The topological polar surface area (TPSA) is 158 Å². The third-order valence-corrected chi connectivity index (χ3v) is 17.2. The van der Waals surface area contributed by atoms with Crippen LogP contribution in [0.5, 0.6) is 69.0 Å². The summed E-state index contributed by atoms with van der Waals surface area (Å²) in [5, 5.41) is 0. The molecule has 0 saturated carbocycles. The largest absolute Gasteiger partial charge is 0.457 e. The van der Waals surface area contributed by atoms with E-state index in [1.165, 1.54) is 72.8 Å². The summed E-state index contributed by atoms with van der Waals surface area (Å²) in [6.45, 7) is 0. The Labute approximate surface area is 457 Å². The van der Waals surface area contributed by atoms with Gasteiger partial charge in [-0.25, -0.2) is 25.3 Å². The molecule has 12 nitrogen and oxygen atoms in total. The molecule has 0 heterocycles. The van der Waals surface area contributed by atoms with Gasteiger partial charge in [-0.2, -0.15) is 0 Å². The molecule has 0 aliphatic heterocycles. The van der Waals surface area contributed by atoms with E-state index in [9.17, 15) is 25.3 Å². The van der Waals surface area contributed by atoms with E-state index in [1.54, 1.807) is 170 Å². The van der Waals surface area contributed by atoms with E-state index in [1.807, 2.05) is 0 Å². The molecular weight excluding hydrogens is 1060 g/mol. The molecule has 15 heteroatoms. The first-order chi connectivity index (χ1) is 38.2. The fraction of sp³-hybridized carbons (Fsp3) is 0. The van der Waals surface area contributed by atoms with Crippen LogP contribution in [0.1, 0.15) is 11.1 Å². The molecule has 10 aromatic carbocycles. The van der Waals surface area contributed by atoms with Gasteiger partial charge in [0.05, 0.1) is 29.4 Å². The SMILES string of the molecule is C#Cc1ccc(Oc2ccc(S(=O)(=O)c3ccc(Oc4cccc(Oc5ccc(S(=O)(=O)c6ccc(Oc7ccc(Oc8ccc(S(=O)(=O)c9ccc(Oc%10cccc(C#C)c%10)cc9)cc8)cc7)cc6)cc5)c4)cc3)cc2)cc1. The Kier molecular flexibility index (Phi) is 15.0. The van der Waals surface area contributed by atoms with Crippen molar-refractivity contribution in [3.63, 3.8) is 0 Å². The number of hydrogen-bond acceptors (Lipinski definition) is 12. The zero-order chi connectivity index (χ0) is 55.0. The van der Waals surface area contributed by atoms with Crippen molar-refractivity contribution in [1.29, 1.82) is 0 Å². The molecule has 0 unspecified atom stereocenters. The van der Waals surface area contributed by atoms with Crippen LogP contribution >= 0.6 is 0 Å². The second-order valence-electron chi connectivity index (χ2n) is 17.2. The van der Waals surface area contributed by atoms with Gasteiger partial charge in [0.25, 0.3) is 0 Å². The first-order valence-corrected chi connectivity index (χ1v) is 28.4. The van der Waals surface area contributed by atoms with Gasteiger partial charge in [-0.1, -0.05) is 24.0 Å². The molecule has 0 aliphatic rings. The minimum atomic E-state index is -3.91. The Hall–Kier alpha value is -10.0. The smallest absolute Gasteiger partial charge is 0.206 e. The molecule has 388 valence electrons. The molecule has 79 heavy (non-hydrogen) atoms. The van der Waals surface area contributed by atoms with Gasteiger partial charge < -0.3 is 28.4 Å². The van der Waals surface area contributed by atoms with Crippen molar-refractivity contribution >= 4 is 29.5 Å². The molecule has 0 aromatic heterocycles. The highest BCUT2D eigenvalue weighted by molar-refractivity contribution is 7.92. The van der Waals surface area contributed by atoms with Crippen molar-refractivity contribution in [2.75, 3.05) is 0 Å². The van der Waals surface area contributed by atoms with Crippen molar-refractivity contribution in [3.05, 3.63) is 254 Å². The van der Waals surface area contributed by atoms with Crippen molar-refractivity contribution in [3.8, 4) is 93.7 Å². The van der Waals surface area contributed by atoms with Crippen LogP contribution in [0.3, 0.4) is 0 Å². The highest BCUT2D eigenvalue weighted by Crippen LogP contribution is 2.35. The quantitative estimate of drug-likeness (QED) is 0.0750. The van der Waals surface area contributed by atoms with Crippen LogP contribution in [0.25, 0.3) is 0 Å². The first-order valence-electron chi connectivity index (χ1n) is 24.0. The molecule has 0 fully saturated rings. The molecule has 0 bridgehead atoms. The lowest BCUT2D eigenvalue weighted by Gasteiger charge is -2.11. The van der Waals surface area contributed by atoms with Crippen LogP contribution in [0.4, 0.5) is 0 Å². The molecule has 0 radical (unpaired) electrons. The number of ether oxygens (including phenoxy) is 6. The van der Waals surface area contributed by atoms with Gasteiger partial charge in [0.15, 0.2) is 0 Å². The average Bonchev–Trinajstić information content (AvgIpc) is 3.53. The van der Waals surface area contributed by atoms with E-state index in [4.69, 9.17) is 41.3 Å². The molecule has 0 amide bonds. The van der Waals surface area contributed by atoms with Crippen LogP contribution < -0.4 is 28.4 Å². The summed E-state index contributed by atoms with van der Waals surface area (Å²) in [5.41, 5.74) is 1.38. The summed E-state index contributed by atoms with van der Waals surface area (Å²) in [6.07, 6.45) is 10.9. The highest BCUT2D eigenvalue weighted by Gasteiger charge is 2.21. The van der Waals surface area contributed by atoms with Crippen LogP contribution in [-0.2, 0) is 29.5 Å². The minimum Gasteiger partial charge on any atom is -0.457 e. The second kappa shape index (κ2) is 22.7. The lowest BCUT2D eigenvalue weighted by Crippen LogP contribution is -2.02. The zero-order valence-corrected chi connectivity index (χ0v) is 43.8. The molecule has 0 saturated heterocycles. The number of rotatable bonds is 18. The van der Waals surface area contributed by atoms with Gasteiger partial charge in [0.2, 0.25) is 29.5 Å². The van der Waals surface area contributed by atoms with Crippen molar-refractivity contribution < 1.29 is 53.7 Å². The van der Waals surface area contributed by atoms with Crippen LogP contribution in [0.2, 0.25) is 0 Å². The Morgan fingerprint density at radius 1 is 0.228 bits per heavy atom. The summed E-state index contributed by atoms with van der Waals surface area (Å²) in [6, 6.07) is 63.9. The van der Waals surface area contributed by atoms with Crippen molar-refractivity contribution in [2.24, 2.45) is 0 Å². The fourth-order valence-electron chi connectivity index (χ4n) is 7.79. The maximum Gasteiger partial charge on any atom is 0.206 e. The minimum absolute atomic E-state index is 0.0536. The van der Waals surface area contributed by atoms with E-state index in [2.05, 4.69) is 11.8 Å². The van der Waals surface area contributed by atoms with E-state index in [0.717, 1.165) is 5.56 Å². The summed E-state index contributed by atoms with van der Waals surface area (Å²) < 4.78 is 117. The van der Waals surface area contributed by atoms with Gasteiger partial charge >= 0.3 is 0 Å². The van der Waals surface area contributed by atoms with Gasteiger partial charge in [0, 0.05) is 17.2 Å². The number of terminal acetylenes is 2. The molecule has 0 aliphatic carbocycles. The third kappa shape index (κ3) is 12.5. The summed E-state index contributed by atoms with van der Waals surface area (Å²) >= 11 is 0. The lowest BCUT2D eigenvalue weighted by molar-refractivity contribution is 0.460. The lowest BCUT2D eigenvalue weighted by atomic mass is 10.2. The maximum absolute atomic E-state index is 13.6. The molecule has 0 atom stereocenters. The first kappa shape index (κ1) is 52.4. The van der Waals surface area contributed by atoms with Crippen LogP contribution in [0, 0.1) is 24.7 Å². The van der Waals surface area contributed by atoms with Crippen LogP contribution in [-0.4, -0.2) is 25.3 Å².